The molecule has 0 aromatic heterocycles. The lowest BCUT2D eigenvalue weighted by Crippen LogP contribution is -2.32. The Morgan fingerprint density at radius 2 is 1.84 bits per heavy atom. The minimum Gasteiger partial charge on any atom is -0.475 e. The van der Waals surface area contributed by atoms with E-state index in [2.05, 4.69) is 69.0 Å². The van der Waals surface area contributed by atoms with E-state index in [1.807, 2.05) is 11.8 Å². The lowest BCUT2D eigenvalue weighted by Gasteiger charge is -2.28. The summed E-state index contributed by atoms with van der Waals surface area (Å²) < 4.78 is 6.29. The highest BCUT2D eigenvalue weighted by molar-refractivity contribution is 8.00. The van der Waals surface area contributed by atoms with Crippen LogP contribution in [0.2, 0.25) is 0 Å². The van der Waals surface area contributed by atoms with Gasteiger partial charge in [0.05, 0.1) is 11.6 Å². The maximum atomic E-state index is 10.2. The van der Waals surface area contributed by atoms with Gasteiger partial charge in [0.25, 0.3) is 0 Å². The van der Waals surface area contributed by atoms with E-state index in [9.17, 15) is 5.11 Å². The van der Waals surface area contributed by atoms with Crippen LogP contribution in [0, 0.1) is 13.8 Å². The first-order valence-electron chi connectivity index (χ1n) is 11.4. The largest absolute Gasteiger partial charge is 0.475 e. The van der Waals surface area contributed by atoms with Gasteiger partial charge in [-0.1, -0.05) is 49.9 Å². The van der Waals surface area contributed by atoms with Crippen LogP contribution in [0.1, 0.15) is 74.2 Å². The molecule has 1 saturated heterocycles. The average Bonchev–Trinajstić information content (AvgIpc) is 3.35. The van der Waals surface area contributed by atoms with Gasteiger partial charge >= 0.3 is 0 Å². The first-order valence-corrected chi connectivity index (χ1v) is 12.2. The molecule has 3 nitrogen and oxygen atoms in total. The third kappa shape index (κ3) is 4.93. The fraction of sp³-hybridized carbons (Fsp3) is 0.538. The van der Waals surface area contributed by atoms with Crippen LogP contribution in [0.3, 0.4) is 0 Å². The number of fused-ring (bicyclic) bond motifs is 1. The van der Waals surface area contributed by atoms with E-state index in [4.69, 9.17) is 4.74 Å². The Balaban J connectivity index is 0.00000272. The maximum absolute atomic E-state index is 10.2. The number of hydrogen-bond acceptors (Lipinski definition) is 4. The maximum Gasteiger partial charge on any atom is 0.158 e. The van der Waals surface area contributed by atoms with Crippen LogP contribution in [-0.4, -0.2) is 27.7 Å². The first-order chi connectivity index (χ1) is 14.5. The van der Waals surface area contributed by atoms with E-state index in [0.717, 1.165) is 44.3 Å². The van der Waals surface area contributed by atoms with Gasteiger partial charge in [-0.2, -0.15) is 0 Å². The summed E-state index contributed by atoms with van der Waals surface area (Å²) >= 11 is 1.87. The Kier molecular flexibility index (Phi) is 8.01. The topological polar surface area (TPSA) is 32.7 Å². The van der Waals surface area contributed by atoms with E-state index in [1.54, 1.807) is 0 Å². The van der Waals surface area contributed by atoms with Crippen LogP contribution in [0.4, 0.5) is 0 Å². The zero-order valence-electron chi connectivity index (χ0n) is 19.2. The quantitative estimate of drug-likeness (QED) is 0.490. The summed E-state index contributed by atoms with van der Waals surface area (Å²) in [4.78, 5) is 3.45. The van der Waals surface area contributed by atoms with Crippen LogP contribution in [0.15, 0.2) is 41.3 Å². The Morgan fingerprint density at radius 3 is 2.52 bits per heavy atom. The molecule has 2 heterocycles. The SMILES string of the molecule is CCC1(CC)Oc2ccc(C3CCC(CCc4ccc(C)c(C)c4)N3CO)cc2S1.Cl. The van der Waals surface area contributed by atoms with E-state index >= 15 is 0 Å². The van der Waals surface area contributed by atoms with Gasteiger partial charge in [0.2, 0.25) is 0 Å². The molecule has 2 aliphatic rings. The molecule has 0 aliphatic carbocycles. The highest BCUT2D eigenvalue weighted by Crippen LogP contribution is 2.52. The molecule has 1 fully saturated rings. The molecule has 31 heavy (non-hydrogen) atoms. The van der Waals surface area contributed by atoms with Crippen LogP contribution >= 0.6 is 24.2 Å². The van der Waals surface area contributed by atoms with Crippen molar-refractivity contribution in [1.82, 2.24) is 4.90 Å². The van der Waals surface area contributed by atoms with Gasteiger partial charge in [-0.05, 0) is 86.8 Å². The standard InChI is InChI=1S/C26H35NO2S.ClH/c1-5-26(6-2)29-24-14-10-21(16-25(24)30-26)23-13-12-22(27(23)17-28)11-9-20-8-7-18(3)19(4)15-20;/h7-8,10,14-16,22-23,28H,5-6,9,11-13,17H2,1-4H3;1H. The minimum atomic E-state index is -0.109. The number of halogens is 1. The number of likely N-dealkylation sites (tertiary alicyclic amines) is 1. The minimum absolute atomic E-state index is 0. The van der Waals surface area contributed by atoms with Crippen molar-refractivity contribution in [3.05, 3.63) is 58.7 Å². The molecule has 5 heteroatoms. The Hall–Kier alpha value is -1.20. The van der Waals surface area contributed by atoms with Gasteiger partial charge in [-0.25, -0.2) is 0 Å². The van der Waals surface area contributed by atoms with Crippen molar-refractivity contribution in [3.63, 3.8) is 0 Å². The number of hydrogen-bond donors (Lipinski definition) is 1. The lowest BCUT2D eigenvalue weighted by atomic mass is 10.00. The summed E-state index contributed by atoms with van der Waals surface area (Å²) in [5.74, 6) is 1.02. The molecule has 0 spiro atoms. The average molecular weight is 462 g/mol. The summed E-state index contributed by atoms with van der Waals surface area (Å²) in [5.41, 5.74) is 5.44. The lowest BCUT2D eigenvalue weighted by molar-refractivity contribution is 0.0596. The molecular formula is C26H36ClNO2S. The second kappa shape index (κ2) is 10.2. The fourth-order valence-electron chi connectivity index (χ4n) is 4.97. The molecule has 2 aromatic carbocycles. The number of aliphatic hydroxyl groups is 1. The van der Waals surface area contributed by atoms with Gasteiger partial charge in [0.1, 0.15) is 5.75 Å². The number of benzene rings is 2. The Morgan fingerprint density at radius 1 is 1.06 bits per heavy atom. The molecule has 0 amide bonds. The normalized spacial score (nSPS) is 22.1. The molecule has 0 saturated carbocycles. The fourth-order valence-corrected chi connectivity index (χ4v) is 6.19. The van der Waals surface area contributed by atoms with Gasteiger partial charge in [0.15, 0.2) is 4.93 Å². The van der Waals surface area contributed by atoms with E-state index in [-0.39, 0.29) is 24.1 Å². The van der Waals surface area contributed by atoms with Crippen molar-refractivity contribution in [2.75, 3.05) is 6.73 Å². The summed E-state index contributed by atoms with van der Waals surface area (Å²) in [6.07, 6.45) is 6.42. The van der Waals surface area contributed by atoms with E-state index in [0.29, 0.717) is 12.1 Å². The summed E-state index contributed by atoms with van der Waals surface area (Å²) in [6.45, 7) is 8.88. The van der Waals surface area contributed by atoms with Gasteiger partial charge in [0, 0.05) is 12.1 Å². The summed E-state index contributed by atoms with van der Waals surface area (Å²) in [5, 5.41) is 10.2. The number of ether oxygens (including phenoxy) is 1. The van der Waals surface area contributed by atoms with Crippen LogP contribution in [0.5, 0.6) is 5.75 Å². The molecule has 2 aromatic rings. The van der Waals surface area contributed by atoms with Crippen molar-refractivity contribution in [3.8, 4) is 5.75 Å². The molecule has 170 valence electrons. The molecule has 0 radical (unpaired) electrons. The van der Waals surface area contributed by atoms with Crippen molar-refractivity contribution in [2.24, 2.45) is 0 Å². The van der Waals surface area contributed by atoms with Crippen LogP contribution < -0.4 is 4.74 Å². The number of aryl methyl sites for hydroxylation is 3. The summed E-state index contributed by atoms with van der Waals surface area (Å²) in [6, 6.07) is 14.2. The van der Waals surface area contributed by atoms with E-state index < -0.39 is 0 Å². The summed E-state index contributed by atoms with van der Waals surface area (Å²) in [7, 11) is 0. The molecule has 2 aliphatic heterocycles. The zero-order valence-corrected chi connectivity index (χ0v) is 20.8. The Labute approximate surface area is 198 Å². The van der Waals surface area contributed by atoms with Crippen molar-refractivity contribution in [1.29, 1.82) is 0 Å². The molecule has 1 N–H and O–H groups in total. The van der Waals surface area contributed by atoms with Crippen LogP contribution in [-0.2, 0) is 6.42 Å². The highest BCUT2D eigenvalue weighted by atomic mass is 35.5. The monoisotopic (exact) mass is 461 g/mol. The van der Waals surface area contributed by atoms with Crippen molar-refractivity contribution in [2.45, 2.75) is 88.1 Å². The van der Waals surface area contributed by atoms with Crippen LogP contribution in [0.25, 0.3) is 0 Å². The van der Waals surface area contributed by atoms with Crippen molar-refractivity contribution >= 4 is 24.2 Å². The van der Waals surface area contributed by atoms with E-state index in [1.165, 1.54) is 27.1 Å². The number of aliphatic hydroxyl groups excluding tert-OH is 1. The number of rotatable bonds is 7. The van der Waals surface area contributed by atoms with Crippen molar-refractivity contribution < 1.29 is 9.84 Å². The predicted molar refractivity (Wildman–Crippen MR) is 132 cm³/mol. The zero-order chi connectivity index (χ0) is 21.3. The second-order valence-electron chi connectivity index (χ2n) is 8.89. The molecule has 2 atom stereocenters. The smallest absolute Gasteiger partial charge is 0.158 e. The highest BCUT2D eigenvalue weighted by Gasteiger charge is 2.39. The van der Waals surface area contributed by atoms with Gasteiger partial charge in [-0.15, -0.1) is 12.4 Å². The third-order valence-electron chi connectivity index (χ3n) is 7.17. The number of nitrogens with zero attached hydrogens (tertiary/aromatic N) is 1. The molecular weight excluding hydrogens is 426 g/mol. The first kappa shape index (κ1) is 24.4. The van der Waals surface area contributed by atoms with Gasteiger partial charge in [-0.3, -0.25) is 4.90 Å². The molecule has 4 rings (SSSR count). The predicted octanol–water partition coefficient (Wildman–Crippen LogP) is 6.81. The molecule has 0 bridgehead atoms. The second-order valence-corrected chi connectivity index (χ2v) is 10.3. The molecule has 2 unspecified atom stereocenters. The third-order valence-corrected chi connectivity index (χ3v) is 8.74. The number of thioether (sulfide) groups is 1. The van der Waals surface area contributed by atoms with Gasteiger partial charge < -0.3 is 9.84 Å². The Bertz CT molecular complexity index is 899.